The minimum atomic E-state index is -0.328. The van der Waals surface area contributed by atoms with Crippen molar-refractivity contribution in [2.24, 2.45) is 7.05 Å². The summed E-state index contributed by atoms with van der Waals surface area (Å²) in [6.07, 6.45) is 1.68. The van der Waals surface area contributed by atoms with Gasteiger partial charge in [-0.25, -0.2) is 9.78 Å². The van der Waals surface area contributed by atoms with Crippen molar-refractivity contribution >= 4 is 16.9 Å². The topological polar surface area (TPSA) is 73.8 Å². The Morgan fingerprint density at radius 2 is 2.15 bits per heavy atom. The van der Waals surface area contributed by atoms with Gasteiger partial charge in [0.15, 0.2) is 5.65 Å². The zero-order valence-corrected chi connectivity index (χ0v) is 7.06. The van der Waals surface area contributed by atoms with E-state index in [0.717, 1.165) is 5.39 Å². The third kappa shape index (κ3) is 1.24. The van der Waals surface area contributed by atoms with Crippen LogP contribution in [-0.2, 0) is 7.05 Å². The number of hydrogen-bond donors (Lipinski definition) is 1. The van der Waals surface area contributed by atoms with Gasteiger partial charge in [-0.15, -0.1) is 0 Å². The molecule has 2 aromatic rings. The van der Waals surface area contributed by atoms with E-state index in [9.17, 15) is 4.79 Å². The maximum Gasteiger partial charge on any atom is 0.349 e. The van der Waals surface area contributed by atoms with Crippen molar-refractivity contribution in [2.45, 2.75) is 0 Å². The van der Waals surface area contributed by atoms with Gasteiger partial charge >= 0.3 is 5.69 Å². The molecule has 0 unspecified atom stereocenters. The molecule has 0 amide bonds. The van der Waals surface area contributed by atoms with Crippen LogP contribution in [0.15, 0.2) is 23.1 Å². The van der Waals surface area contributed by atoms with Crippen LogP contribution >= 0.6 is 0 Å². The smallest absolute Gasteiger partial charge is 0.349 e. The molecule has 0 aliphatic rings. The second kappa shape index (κ2) is 2.55. The van der Waals surface area contributed by atoms with E-state index in [0.29, 0.717) is 11.5 Å². The van der Waals surface area contributed by atoms with E-state index in [-0.39, 0.29) is 5.69 Å². The van der Waals surface area contributed by atoms with Gasteiger partial charge in [0, 0.05) is 18.6 Å². The lowest BCUT2D eigenvalue weighted by molar-refractivity contribution is 0.824. The van der Waals surface area contributed by atoms with Crippen LogP contribution in [0.3, 0.4) is 0 Å². The van der Waals surface area contributed by atoms with Crippen molar-refractivity contribution in [2.75, 3.05) is 5.73 Å². The van der Waals surface area contributed by atoms with Crippen LogP contribution in [0, 0.1) is 0 Å². The lowest BCUT2D eigenvalue weighted by Gasteiger charge is -1.99. The highest BCUT2D eigenvalue weighted by Gasteiger charge is 1.99. The summed E-state index contributed by atoms with van der Waals surface area (Å²) in [6, 6.07) is 3.46. The summed E-state index contributed by atoms with van der Waals surface area (Å²) in [5.74, 6) is 0.369. The van der Waals surface area contributed by atoms with Gasteiger partial charge < -0.3 is 10.3 Å². The van der Waals surface area contributed by atoms with Gasteiger partial charge in [0.2, 0.25) is 0 Å². The Hall–Kier alpha value is -1.91. The van der Waals surface area contributed by atoms with E-state index in [1.165, 1.54) is 4.57 Å². The Morgan fingerprint density at radius 3 is 2.92 bits per heavy atom. The highest BCUT2D eigenvalue weighted by Crippen LogP contribution is 2.07. The molecule has 2 rings (SSSR count). The Kier molecular flexibility index (Phi) is 1.51. The van der Waals surface area contributed by atoms with Crippen LogP contribution in [0.25, 0.3) is 11.0 Å². The number of rotatable bonds is 0. The lowest BCUT2D eigenvalue weighted by atomic mass is 10.3. The number of nitrogens with two attached hydrogens (primary N) is 1. The highest BCUT2D eigenvalue weighted by molar-refractivity contribution is 5.74. The standard InChI is InChI=1S/C8H8N4O/c1-12-4-5-2-3-6(9)10-7(5)11-8(12)13/h2-4H,1H3,(H2,9,10,11,13). The first-order valence-electron chi connectivity index (χ1n) is 3.77. The summed E-state index contributed by atoms with van der Waals surface area (Å²) in [7, 11) is 1.64. The Balaban J connectivity index is 2.89. The lowest BCUT2D eigenvalue weighted by Crippen LogP contribution is -2.19. The number of fused-ring (bicyclic) bond motifs is 1. The van der Waals surface area contributed by atoms with Crippen LogP contribution < -0.4 is 11.4 Å². The summed E-state index contributed by atoms with van der Waals surface area (Å²) in [5, 5.41) is 0.802. The van der Waals surface area contributed by atoms with Gasteiger partial charge in [-0.05, 0) is 12.1 Å². The monoisotopic (exact) mass is 176 g/mol. The van der Waals surface area contributed by atoms with Gasteiger partial charge in [0.1, 0.15) is 5.82 Å². The van der Waals surface area contributed by atoms with Gasteiger partial charge in [0.25, 0.3) is 0 Å². The van der Waals surface area contributed by atoms with E-state index in [1.807, 2.05) is 0 Å². The first-order valence-corrected chi connectivity index (χ1v) is 3.77. The Bertz CT molecular complexity index is 517. The quantitative estimate of drug-likeness (QED) is 0.608. The molecule has 0 saturated heterocycles. The van der Waals surface area contributed by atoms with Gasteiger partial charge in [-0.3, -0.25) is 0 Å². The summed E-state index contributed by atoms with van der Waals surface area (Å²) in [5.41, 5.74) is 5.52. The molecular formula is C8H8N4O. The number of anilines is 1. The minimum absolute atomic E-state index is 0.328. The van der Waals surface area contributed by atoms with Crippen LogP contribution in [0.4, 0.5) is 5.82 Å². The second-order valence-corrected chi connectivity index (χ2v) is 2.78. The third-order valence-electron chi connectivity index (χ3n) is 1.76. The van der Waals surface area contributed by atoms with E-state index in [2.05, 4.69) is 9.97 Å². The normalized spacial score (nSPS) is 10.5. The van der Waals surface area contributed by atoms with Crippen molar-refractivity contribution < 1.29 is 0 Å². The fraction of sp³-hybridized carbons (Fsp3) is 0.125. The fourth-order valence-corrected chi connectivity index (χ4v) is 1.10. The van der Waals surface area contributed by atoms with E-state index >= 15 is 0 Å². The molecule has 0 spiro atoms. The average Bonchev–Trinajstić information content (AvgIpc) is 2.08. The third-order valence-corrected chi connectivity index (χ3v) is 1.76. The number of nitrogens with zero attached hydrogens (tertiary/aromatic N) is 3. The maximum absolute atomic E-state index is 11.1. The Labute approximate surface area is 73.8 Å². The van der Waals surface area contributed by atoms with Gasteiger partial charge in [-0.1, -0.05) is 0 Å². The predicted octanol–water partition coefficient (Wildman–Crippen LogP) is -0.0893. The first-order chi connectivity index (χ1) is 6.16. The molecule has 5 heteroatoms. The number of aromatic nitrogens is 3. The fourth-order valence-electron chi connectivity index (χ4n) is 1.10. The van der Waals surface area contributed by atoms with Crippen LogP contribution in [-0.4, -0.2) is 14.5 Å². The summed E-state index contributed by atoms with van der Waals surface area (Å²) < 4.78 is 1.40. The van der Waals surface area contributed by atoms with E-state index < -0.39 is 0 Å². The largest absolute Gasteiger partial charge is 0.384 e. The van der Waals surface area contributed by atoms with Crippen molar-refractivity contribution in [3.8, 4) is 0 Å². The van der Waals surface area contributed by atoms with Crippen LogP contribution in [0.1, 0.15) is 0 Å². The SMILES string of the molecule is Cn1cc2ccc(N)nc2nc1=O. The number of pyridine rings is 1. The van der Waals surface area contributed by atoms with Crippen molar-refractivity contribution in [1.29, 1.82) is 0 Å². The zero-order valence-electron chi connectivity index (χ0n) is 7.06. The van der Waals surface area contributed by atoms with Gasteiger partial charge in [0.05, 0.1) is 0 Å². The minimum Gasteiger partial charge on any atom is -0.384 e. The molecule has 2 N–H and O–H groups in total. The molecule has 0 aliphatic heterocycles. The number of nitrogen functional groups attached to an aromatic ring is 1. The maximum atomic E-state index is 11.1. The van der Waals surface area contributed by atoms with Crippen molar-refractivity contribution in [3.05, 3.63) is 28.8 Å². The molecule has 2 aromatic heterocycles. The van der Waals surface area contributed by atoms with Crippen LogP contribution in [0.5, 0.6) is 0 Å². The molecule has 5 nitrogen and oxygen atoms in total. The molecule has 0 aromatic carbocycles. The van der Waals surface area contributed by atoms with Crippen molar-refractivity contribution in [3.63, 3.8) is 0 Å². The summed E-state index contributed by atoms with van der Waals surface area (Å²) in [6.45, 7) is 0. The molecule has 0 aliphatic carbocycles. The van der Waals surface area contributed by atoms with Crippen LogP contribution in [0.2, 0.25) is 0 Å². The molecule has 0 saturated carbocycles. The van der Waals surface area contributed by atoms with Crippen molar-refractivity contribution in [1.82, 2.24) is 14.5 Å². The van der Waals surface area contributed by atoms with E-state index in [1.54, 1.807) is 25.4 Å². The molecule has 66 valence electrons. The number of hydrogen-bond acceptors (Lipinski definition) is 4. The summed E-state index contributed by atoms with van der Waals surface area (Å²) >= 11 is 0. The second-order valence-electron chi connectivity index (χ2n) is 2.78. The molecule has 13 heavy (non-hydrogen) atoms. The number of aryl methyl sites for hydroxylation is 1. The predicted molar refractivity (Wildman–Crippen MR) is 49.2 cm³/mol. The first kappa shape index (κ1) is 7.72. The highest BCUT2D eigenvalue weighted by atomic mass is 16.1. The van der Waals surface area contributed by atoms with Gasteiger partial charge in [-0.2, -0.15) is 4.98 Å². The molecule has 2 heterocycles. The molecule has 0 bridgehead atoms. The average molecular weight is 176 g/mol. The Morgan fingerprint density at radius 1 is 1.38 bits per heavy atom. The molecular weight excluding hydrogens is 168 g/mol. The molecule has 0 fully saturated rings. The van der Waals surface area contributed by atoms with E-state index in [4.69, 9.17) is 5.73 Å². The zero-order chi connectivity index (χ0) is 9.42. The molecule has 0 radical (unpaired) electrons. The molecule has 0 atom stereocenters. The summed E-state index contributed by atoms with van der Waals surface area (Å²) in [4.78, 5) is 18.8.